The second-order valence-electron chi connectivity index (χ2n) is 13.3. The highest BCUT2D eigenvalue weighted by molar-refractivity contribution is 6.12. The highest BCUT2D eigenvalue weighted by Gasteiger charge is 2.36. The van der Waals surface area contributed by atoms with Crippen LogP contribution in [-0.2, 0) is 5.41 Å². The molecule has 11 rings (SSSR count). The number of furan rings is 1. The summed E-state index contributed by atoms with van der Waals surface area (Å²) >= 11 is 0. The molecule has 0 spiro atoms. The maximum Gasteiger partial charge on any atom is 0.234 e. The summed E-state index contributed by atoms with van der Waals surface area (Å²) < 4.78 is 13.3. The SMILES string of the molecule is CC1(C)c2ccccc2-c2cc3c4cc(-n5c6ccccc6n6c7oc8ccccc8c7nc56)ccc4n(-c4ccccc4)c3cc21. The lowest BCUT2D eigenvalue weighted by molar-refractivity contribution is 0.651. The average molecular weight is 605 g/mol. The molecule has 0 radical (unpaired) electrons. The molecule has 0 amide bonds. The molecule has 4 aromatic heterocycles. The minimum Gasteiger partial charge on any atom is -0.437 e. The monoisotopic (exact) mass is 604 g/mol. The molecule has 0 N–H and O–H groups in total. The highest BCUT2D eigenvalue weighted by Crippen LogP contribution is 2.51. The molecule has 0 aliphatic heterocycles. The smallest absolute Gasteiger partial charge is 0.234 e. The first kappa shape index (κ1) is 25.2. The number of rotatable bonds is 2. The Morgan fingerprint density at radius 2 is 1.28 bits per heavy atom. The van der Waals surface area contributed by atoms with Gasteiger partial charge in [0, 0.05) is 32.9 Å². The molecule has 1 aliphatic rings. The molecular formula is C42H28N4O. The van der Waals surface area contributed by atoms with Crippen molar-refractivity contribution in [2.24, 2.45) is 0 Å². The largest absolute Gasteiger partial charge is 0.437 e. The molecule has 0 saturated heterocycles. The number of para-hydroxylation sites is 4. The lowest BCUT2D eigenvalue weighted by atomic mass is 9.82. The van der Waals surface area contributed by atoms with Gasteiger partial charge in [0.15, 0.2) is 0 Å². The second kappa shape index (κ2) is 8.59. The lowest BCUT2D eigenvalue weighted by Crippen LogP contribution is -2.14. The van der Waals surface area contributed by atoms with E-state index in [9.17, 15) is 0 Å². The fourth-order valence-electron chi connectivity index (χ4n) is 8.29. The second-order valence-corrected chi connectivity index (χ2v) is 13.3. The number of imidazole rings is 2. The zero-order valence-electron chi connectivity index (χ0n) is 25.9. The molecule has 0 atom stereocenters. The normalized spacial score (nSPS) is 13.9. The van der Waals surface area contributed by atoms with Crippen molar-refractivity contribution >= 4 is 60.8 Å². The third kappa shape index (κ3) is 3.11. The van der Waals surface area contributed by atoms with Crippen LogP contribution in [0.1, 0.15) is 25.0 Å². The van der Waals surface area contributed by atoms with E-state index in [0.717, 1.165) is 50.4 Å². The minimum absolute atomic E-state index is 0.0827. The van der Waals surface area contributed by atoms with Crippen LogP contribution in [0.5, 0.6) is 0 Å². The first-order valence-corrected chi connectivity index (χ1v) is 16.2. The van der Waals surface area contributed by atoms with E-state index >= 15 is 0 Å². The Balaban J connectivity index is 1.25. The number of fused-ring (bicyclic) bond motifs is 13. The number of hydrogen-bond acceptors (Lipinski definition) is 2. The molecular weight excluding hydrogens is 576 g/mol. The summed E-state index contributed by atoms with van der Waals surface area (Å²) in [5.41, 5.74) is 14.6. The maximum absolute atomic E-state index is 6.42. The van der Waals surface area contributed by atoms with Crippen LogP contribution in [-0.4, -0.2) is 18.5 Å². The van der Waals surface area contributed by atoms with E-state index in [0.29, 0.717) is 0 Å². The van der Waals surface area contributed by atoms with Gasteiger partial charge in [0.25, 0.3) is 0 Å². The van der Waals surface area contributed by atoms with Gasteiger partial charge >= 0.3 is 0 Å². The minimum atomic E-state index is -0.0827. The number of hydrogen-bond donors (Lipinski definition) is 0. The summed E-state index contributed by atoms with van der Waals surface area (Å²) in [6.45, 7) is 4.70. The van der Waals surface area contributed by atoms with Crippen LogP contribution in [0.2, 0.25) is 0 Å². The summed E-state index contributed by atoms with van der Waals surface area (Å²) in [5, 5.41) is 3.48. The van der Waals surface area contributed by atoms with Gasteiger partial charge in [0.1, 0.15) is 11.1 Å². The molecule has 5 nitrogen and oxygen atoms in total. The topological polar surface area (TPSA) is 40.3 Å². The van der Waals surface area contributed by atoms with Crippen LogP contribution in [0.25, 0.3) is 83.3 Å². The van der Waals surface area contributed by atoms with E-state index in [1.165, 1.54) is 44.1 Å². The van der Waals surface area contributed by atoms with Gasteiger partial charge in [-0.1, -0.05) is 80.6 Å². The Kier molecular flexibility index (Phi) is 4.60. The third-order valence-corrected chi connectivity index (χ3v) is 10.5. The predicted octanol–water partition coefficient (Wildman–Crippen LogP) is 10.6. The summed E-state index contributed by atoms with van der Waals surface area (Å²) in [5.74, 6) is 0.841. The van der Waals surface area contributed by atoms with E-state index in [1.54, 1.807) is 0 Å². The van der Waals surface area contributed by atoms with Crippen LogP contribution in [0.4, 0.5) is 0 Å². The Labute approximate surface area is 269 Å². The van der Waals surface area contributed by atoms with Crippen molar-refractivity contribution in [3.8, 4) is 22.5 Å². The molecule has 5 heteroatoms. The van der Waals surface area contributed by atoms with Crippen molar-refractivity contribution in [3.05, 3.63) is 145 Å². The molecule has 4 heterocycles. The van der Waals surface area contributed by atoms with Gasteiger partial charge < -0.3 is 8.98 Å². The maximum atomic E-state index is 6.42. The van der Waals surface area contributed by atoms with Crippen LogP contribution in [0.3, 0.4) is 0 Å². The molecule has 1 aliphatic carbocycles. The van der Waals surface area contributed by atoms with Crippen LogP contribution < -0.4 is 0 Å². The van der Waals surface area contributed by atoms with Crippen molar-refractivity contribution < 1.29 is 4.42 Å². The van der Waals surface area contributed by atoms with Gasteiger partial charge in [0.2, 0.25) is 11.5 Å². The van der Waals surface area contributed by atoms with E-state index < -0.39 is 0 Å². The quantitative estimate of drug-likeness (QED) is 0.197. The highest BCUT2D eigenvalue weighted by atomic mass is 16.3. The molecule has 0 saturated carbocycles. The zero-order chi connectivity index (χ0) is 31.0. The van der Waals surface area contributed by atoms with Gasteiger partial charge in [-0.15, -0.1) is 0 Å². The van der Waals surface area contributed by atoms with E-state index in [1.807, 2.05) is 18.2 Å². The van der Waals surface area contributed by atoms with Gasteiger partial charge in [-0.2, -0.15) is 0 Å². The fourth-order valence-corrected chi connectivity index (χ4v) is 8.29. The molecule has 0 unspecified atom stereocenters. The lowest BCUT2D eigenvalue weighted by Gasteiger charge is -2.21. The van der Waals surface area contributed by atoms with Crippen molar-refractivity contribution in [2.45, 2.75) is 19.3 Å². The molecule has 10 aromatic rings. The van der Waals surface area contributed by atoms with Gasteiger partial charge in [0.05, 0.1) is 22.1 Å². The summed E-state index contributed by atoms with van der Waals surface area (Å²) in [6, 6.07) is 48.0. The van der Waals surface area contributed by atoms with Crippen molar-refractivity contribution in [2.75, 3.05) is 0 Å². The van der Waals surface area contributed by atoms with Crippen molar-refractivity contribution in [3.63, 3.8) is 0 Å². The third-order valence-electron chi connectivity index (χ3n) is 10.5. The number of benzene rings is 6. The molecule has 6 aromatic carbocycles. The zero-order valence-corrected chi connectivity index (χ0v) is 25.9. The molecule has 0 bridgehead atoms. The molecule has 0 fully saturated rings. The Morgan fingerprint density at radius 1 is 0.532 bits per heavy atom. The average Bonchev–Trinajstić information content (AvgIpc) is 3.87. The van der Waals surface area contributed by atoms with E-state index in [-0.39, 0.29) is 5.41 Å². The van der Waals surface area contributed by atoms with Crippen molar-refractivity contribution in [1.29, 1.82) is 0 Å². The summed E-state index contributed by atoms with van der Waals surface area (Å²) in [7, 11) is 0. The Bertz CT molecular complexity index is 2930. The standard InChI is InChI=1S/C42H28N4O/c1-42(2)32-16-8-6-14-27(32)29-23-31-30-22-26(20-21-34(30)44(37(31)24-33(29)42)25-12-4-3-5-13-25)45-35-17-9-10-18-36(35)46-40-39(43-41(45)46)28-15-7-11-19-38(28)47-40/h3-24H,1-2H3. The number of nitrogens with zero attached hydrogens (tertiary/aromatic N) is 4. The number of aromatic nitrogens is 4. The summed E-state index contributed by atoms with van der Waals surface area (Å²) in [4.78, 5) is 5.23. The van der Waals surface area contributed by atoms with Crippen LogP contribution in [0.15, 0.2) is 138 Å². The van der Waals surface area contributed by atoms with Crippen molar-refractivity contribution in [1.82, 2.24) is 18.5 Å². The first-order chi connectivity index (χ1) is 23.1. The molecule has 222 valence electrons. The van der Waals surface area contributed by atoms with Crippen LogP contribution >= 0.6 is 0 Å². The summed E-state index contributed by atoms with van der Waals surface area (Å²) in [6.07, 6.45) is 0. The van der Waals surface area contributed by atoms with E-state index in [2.05, 4.69) is 143 Å². The molecule has 47 heavy (non-hydrogen) atoms. The first-order valence-electron chi connectivity index (χ1n) is 16.2. The Hall–Kier alpha value is -6.07. The van der Waals surface area contributed by atoms with Gasteiger partial charge in [-0.05, 0) is 89.0 Å². The fraction of sp³-hybridized carbons (Fsp3) is 0.0714. The van der Waals surface area contributed by atoms with Gasteiger partial charge in [-0.3, -0.25) is 4.57 Å². The predicted molar refractivity (Wildman–Crippen MR) is 191 cm³/mol. The van der Waals surface area contributed by atoms with Crippen LogP contribution in [0, 0.1) is 0 Å². The van der Waals surface area contributed by atoms with Gasteiger partial charge in [-0.25, -0.2) is 9.38 Å². The Morgan fingerprint density at radius 3 is 2.17 bits per heavy atom. The van der Waals surface area contributed by atoms with E-state index in [4.69, 9.17) is 9.40 Å².